The lowest BCUT2D eigenvalue weighted by Gasteiger charge is -2.43. The van der Waals surface area contributed by atoms with Crippen molar-refractivity contribution in [2.45, 2.75) is 51.4 Å². The summed E-state index contributed by atoms with van der Waals surface area (Å²) in [5.74, 6) is 0. The summed E-state index contributed by atoms with van der Waals surface area (Å²) in [5.41, 5.74) is 15.0. The van der Waals surface area contributed by atoms with Gasteiger partial charge in [-0.05, 0) is 129 Å². The molecule has 1 aliphatic rings. The highest BCUT2D eigenvalue weighted by molar-refractivity contribution is 5.99. The van der Waals surface area contributed by atoms with Gasteiger partial charge in [-0.15, -0.1) is 0 Å². The van der Waals surface area contributed by atoms with Gasteiger partial charge in [-0.3, -0.25) is 0 Å². The van der Waals surface area contributed by atoms with Crippen molar-refractivity contribution in [1.29, 1.82) is 0 Å². The summed E-state index contributed by atoms with van der Waals surface area (Å²) in [6.45, 7) is 9.67. The summed E-state index contributed by atoms with van der Waals surface area (Å²) in [5, 5.41) is 2.45. The van der Waals surface area contributed by atoms with E-state index >= 15 is 0 Å². The van der Waals surface area contributed by atoms with Crippen LogP contribution in [0.25, 0.3) is 33.0 Å². The molecule has 0 amide bonds. The number of rotatable bonds is 8. The molecule has 0 radical (unpaired) electrons. The molecule has 0 N–H and O–H groups in total. The molecule has 0 fully saturated rings. The molecule has 8 aromatic rings. The molecule has 0 atom stereocenters. The highest BCUT2D eigenvalue weighted by atomic mass is 15.1. The molecule has 2 nitrogen and oxygen atoms in total. The van der Waals surface area contributed by atoms with Crippen LogP contribution < -0.4 is 9.80 Å². The van der Waals surface area contributed by atoms with Crippen molar-refractivity contribution < 1.29 is 0 Å². The van der Waals surface area contributed by atoms with Crippen molar-refractivity contribution >= 4 is 44.9 Å². The van der Waals surface area contributed by atoms with Crippen molar-refractivity contribution in [3.05, 3.63) is 205 Å². The van der Waals surface area contributed by atoms with Gasteiger partial charge in [0.2, 0.25) is 0 Å². The van der Waals surface area contributed by atoms with Crippen LogP contribution in [0.2, 0.25) is 0 Å². The van der Waals surface area contributed by atoms with Crippen LogP contribution in [0.1, 0.15) is 51.7 Å². The van der Waals surface area contributed by atoms with Gasteiger partial charge in [0.15, 0.2) is 0 Å². The van der Waals surface area contributed by atoms with E-state index in [1.165, 1.54) is 57.0 Å². The highest BCUT2D eigenvalue weighted by Gasteiger charge is 2.38. The summed E-state index contributed by atoms with van der Waals surface area (Å²) in [4.78, 5) is 4.73. The molecule has 0 unspecified atom stereocenters. The zero-order chi connectivity index (χ0) is 38.3. The highest BCUT2D eigenvalue weighted by Crippen LogP contribution is 2.50. The van der Waals surface area contributed by atoms with Crippen LogP contribution in [0.5, 0.6) is 0 Å². The van der Waals surface area contributed by atoms with Gasteiger partial charge in [-0.1, -0.05) is 155 Å². The Morgan fingerprint density at radius 3 is 1.54 bits per heavy atom. The third kappa shape index (κ3) is 6.56. The van der Waals surface area contributed by atoms with Crippen molar-refractivity contribution in [3.8, 4) is 22.3 Å². The van der Waals surface area contributed by atoms with Crippen molar-refractivity contribution in [3.63, 3.8) is 0 Å². The molecule has 1 aliphatic carbocycles. The van der Waals surface area contributed by atoms with E-state index in [2.05, 4.69) is 232 Å². The molecule has 0 bridgehead atoms. The van der Waals surface area contributed by atoms with Crippen molar-refractivity contribution in [1.82, 2.24) is 0 Å². The molecule has 0 aromatic heterocycles. The fourth-order valence-electron chi connectivity index (χ4n) is 8.82. The van der Waals surface area contributed by atoms with Crippen molar-refractivity contribution in [2.24, 2.45) is 0 Å². The molecule has 56 heavy (non-hydrogen) atoms. The molecule has 0 heterocycles. The number of hydrogen-bond donors (Lipinski definition) is 0. The lowest BCUT2D eigenvalue weighted by Crippen LogP contribution is -2.34. The second-order valence-corrected chi connectivity index (χ2v) is 16.5. The molecule has 0 aliphatic heterocycles. The number of anilines is 6. The first-order valence-corrected chi connectivity index (χ1v) is 19.9. The van der Waals surface area contributed by atoms with Crippen LogP contribution in [0, 0.1) is 0 Å². The van der Waals surface area contributed by atoms with Crippen LogP contribution in [0.15, 0.2) is 194 Å². The fourth-order valence-corrected chi connectivity index (χ4v) is 8.82. The van der Waals surface area contributed by atoms with Crippen LogP contribution in [0.3, 0.4) is 0 Å². The van der Waals surface area contributed by atoms with Gasteiger partial charge in [-0.25, -0.2) is 0 Å². The topological polar surface area (TPSA) is 6.48 Å². The van der Waals surface area contributed by atoms with Gasteiger partial charge in [0, 0.05) is 33.8 Å². The zero-order valence-electron chi connectivity index (χ0n) is 32.8. The Bertz CT molecular complexity index is 2580. The molecule has 0 spiro atoms. The van der Waals surface area contributed by atoms with E-state index in [1.54, 1.807) is 0 Å². The normalized spacial score (nSPS) is 14.2. The minimum Gasteiger partial charge on any atom is -0.311 e. The van der Waals surface area contributed by atoms with Crippen LogP contribution in [-0.4, -0.2) is 0 Å². The summed E-state index contributed by atoms with van der Waals surface area (Å²) >= 11 is 0. The Labute approximate surface area is 332 Å². The second-order valence-electron chi connectivity index (χ2n) is 16.5. The summed E-state index contributed by atoms with van der Waals surface area (Å²) in [6.07, 6.45) is 2.38. The number of hydrogen-bond acceptors (Lipinski definition) is 2. The third-order valence-electron chi connectivity index (χ3n) is 11.9. The first-order valence-electron chi connectivity index (χ1n) is 19.9. The number of fused-ring (bicyclic) bond motifs is 2. The van der Waals surface area contributed by atoms with E-state index in [9.17, 15) is 0 Å². The molecule has 0 saturated heterocycles. The average Bonchev–Trinajstić information content (AvgIpc) is 3.24. The molecule has 0 saturated carbocycles. The SMILES string of the molecule is CC1(C)CCC(C)(C)c2c(-c3cccc(N(c4ccc(-c5ccc(N(c6ccccc6)c6ccccc6)cc5)cc4)c4cccc5ccccc45)c3)cccc21. The smallest absolute Gasteiger partial charge is 0.0540 e. The fraction of sp³-hybridized carbons (Fsp3) is 0.148. The second kappa shape index (κ2) is 14.4. The number of benzene rings is 8. The van der Waals surface area contributed by atoms with Gasteiger partial charge < -0.3 is 9.80 Å². The maximum absolute atomic E-state index is 2.43. The zero-order valence-corrected chi connectivity index (χ0v) is 32.8. The van der Waals surface area contributed by atoms with Gasteiger partial charge in [-0.2, -0.15) is 0 Å². The van der Waals surface area contributed by atoms with Gasteiger partial charge in [0.05, 0.1) is 5.69 Å². The molecular weight excluding hydrogens is 677 g/mol. The molecule has 2 heteroatoms. The van der Waals surface area contributed by atoms with E-state index in [0.29, 0.717) is 0 Å². The van der Waals surface area contributed by atoms with Gasteiger partial charge in [0.1, 0.15) is 0 Å². The van der Waals surface area contributed by atoms with E-state index in [0.717, 1.165) is 34.1 Å². The Morgan fingerprint density at radius 1 is 0.375 bits per heavy atom. The maximum Gasteiger partial charge on any atom is 0.0540 e. The van der Waals surface area contributed by atoms with Crippen molar-refractivity contribution in [2.75, 3.05) is 9.80 Å². The van der Waals surface area contributed by atoms with E-state index in [4.69, 9.17) is 0 Å². The van der Waals surface area contributed by atoms with E-state index in [1.807, 2.05) is 0 Å². The minimum absolute atomic E-state index is 0.0994. The van der Waals surface area contributed by atoms with Crippen LogP contribution in [-0.2, 0) is 10.8 Å². The predicted octanol–water partition coefficient (Wildman–Crippen LogP) is 15.5. The lowest BCUT2D eigenvalue weighted by molar-refractivity contribution is 0.333. The molecule has 9 rings (SSSR count). The summed E-state index contributed by atoms with van der Waals surface area (Å²) < 4.78 is 0. The Kier molecular flexibility index (Phi) is 9.06. The maximum atomic E-state index is 2.43. The summed E-state index contributed by atoms with van der Waals surface area (Å²) in [6, 6.07) is 70.6. The number of para-hydroxylation sites is 2. The van der Waals surface area contributed by atoms with E-state index in [-0.39, 0.29) is 10.8 Å². The number of nitrogens with zero attached hydrogens (tertiary/aromatic N) is 2. The predicted molar refractivity (Wildman–Crippen MR) is 239 cm³/mol. The third-order valence-corrected chi connectivity index (χ3v) is 11.9. The van der Waals surface area contributed by atoms with Gasteiger partial charge >= 0.3 is 0 Å². The minimum atomic E-state index is 0.0994. The summed E-state index contributed by atoms with van der Waals surface area (Å²) in [7, 11) is 0. The quantitative estimate of drug-likeness (QED) is 0.154. The largest absolute Gasteiger partial charge is 0.311 e. The Hall–Kier alpha value is -6.38. The monoisotopic (exact) mass is 724 g/mol. The standard InChI is InChI=1S/C54H48N2/c1-53(2)36-37-54(3,4)52-49(25-15-26-50(52)53)42-18-13-23-47(38-42)56(51-27-14-17-41-16-11-12-24-48(41)51)46-34-30-40(31-35-46)39-28-32-45(33-29-39)55(43-19-7-5-8-20-43)44-21-9-6-10-22-44/h5-35,38H,36-37H2,1-4H3. The first-order chi connectivity index (χ1) is 27.3. The lowest BCUT2D eigenvalue weighted by atomic mass is 9.61. The molecular formula is C54H48N2. The average molecular weight is 725 g/mol. The van der Waals surface area contributed by atoms with Crippen LogP contribution in [0.4, 0.5) is 34.1 Å². The molecule has 274 valence electrons. The molecule has 8 aromatic carbocycles. The van der Waals surface area contributed by atoms with Gasteiger partial charge in [0.25, 0.3) is 0 Å². The van der Waals surface area contributed by atoms with E-state index < -0.39 is 0 Å². The Balaban J connectivity index is 1.11. The van der Waals surface area contributed by atoms with Crippen LogP contribution >= 0.6 is 0 Å². The Morgan fingerprint density at radius 2 is 0.875 bits per heavy atom. The first kappa shape index (κ1) is 35.3.